The molecule has 0 aliphatic heterocycles. The van der Waals surface area contributed by atoms with Crippen LogP contribution in [0.15, 0.2) is 67.0 Å². The van der Waals surface area contributed by atoms with Crippen molar-refractivity contribution in [2.45, 2.75) is 6.92 Å². The van der Waals surface area contributed by atoms with Crippen LogP contribution in [0.1, 0.15) is 5.56 Å². The Morgan fingerprint density at radius 1 is 1.00 bits per heavy atom. The second kappa shape index (κ2) is 6.27. The van der Waals surface area contributed by atoms with Gasteiger partial charge in [0.2, 0.25) is 0 Å². The highest BCUT2D eigenvalue weighted by Crippen LogP contribution is 2.20. The molecule has 2 amide bonds. The first kappa shape index (κ1) is 14.7. The average molecular weight is 306 g/mol. The first-order valence-corrected chi connectivity index (χ1v) is 7.29. The standard InChI is InChI=1S/C18H18N4O/c1-13-4-9-17(16(19)12-13)21-18(23)20-14-5-7-15(8-6-14)22-10-2-3-11-22/h2-12H,19H2,1H3,(H2,20,21,23). The van der Waals surface area contributed by atoms with Crippen LogP contribution in [0.4, 0.5) is 21.9 Å². The Morgan fingerprint density at radius 3 is 2.35 bits per heavy atom. The van der Waals surface area contributed by atoms with Crippen LogP contribution in [0.2, 0.25) is 0 Å². The van der Waals surface area contributed by atoms with Gasteiger partial charge in [-0.3, -0.25) is 0 Å². The maximum absolute atomic E-state index is 12.0. The highest BCUT2D eigenvalue weighted by molar-refractivity contribution is 6.01. The van der Waals surface area contributed by atoms with Gasteiger partial charge in [0.05, 0.1) is 11.4 Å². The van der Waals surface area contributed by atoms with E-state index in [2.05, 4.69) is 10.6 Å². The van der Waals surface area contributed by atoms with Gasteiger partial charge >= 0.3 is 6.03 Å². The molecule has 4 N–H and O–H groups in total. The Kier molecular flexibility index (Phi) is 4.01. The van der Waals surface area contributed by atoms with Crippen LogP contribution in [0, 0.1) is 6.92 Å². The largest absolute Gasteiger partial charge is 0.397 e. The van der Waals surface area contributed by atoms with Crippen molar-refractivity contribution in [1.82, 2.24) is 4.57 Å². The van der Waals surface area contributed by atoms with E-state index >= 15 is 0 Å². The van der Waals surface area contributed by atoms with Gasteiger partial charge in [0.25, 0.3) is 0 Å². The first-order valence-electron chi connectivity index (χ1n) is 7.29. The van der Waals surface area contributed by atoms with Gasteiger partial charge in [-0.1, -0.05) is 6.07 Å². The number of anilines is 3. The smallest absolute Gasteiger partial charge is 0.323 e. The number of nitrogens with zero attached hydrogens (tertiary/aromatic N) is 1. The number of urea groups is 1. The van der Waals surface area contributed by atoms with Gasteiger partial charge in [0.1, 0.15) is 0 Å². The molecule has 0 fully saturated rings. The second-order valence-electron chi connectivity index (χ2n) is 5.31. The molecule has 0 atom stereocenters. The molecule has 0 aliphatic carbocycles. The Morgan fingerprint density at radius 2 is 1.70 bits per heavy atom. The molecule has 23 heavy (non-hydrogen) atoms. The lowest BCUT2D eigenvalue weighted by atomic mass is 10.2. The van der Waals surface area contributed by atoms with Gasteiger partial charge in [-0.05, 0) is 61.0 Å². The predicted molar refractivity (Wildman–Crippen MR) is 94.0 cm³/mol. The zero-order valence-electron chi connectivity index (χ0n) is 12.8. The molecule has 3 aromatic rings. The summed E-state index contributed by atoms with van der Waals surface area (Å²) in [7, 11) is 0. The van der Waals surface area contributed by atoms with E-state index < -0.39 is 0 Å². The normalized spacial score (nSPS) is 10.3. The van der Waals surface area contributed by atoms with E-state index in [9.17, 15) is 4.79 Å². The van der Waals surface area contributed by atoms with Crippen molar-refractivity contribution in [3.63, 3.8) is 0 Å². The number of carbonyl (C=O) groups excluding carboxylic acids is 1. The maximum Gasteiger partial charge on any atom is 0.323 e. The molecule has 0 aliphatic rings. The number of carbonyl (C=O) groups is 1. The van der Waals surface area contributed by atoms with Crippen molar-refractivity contribution in [2.75, 3.05) is 16.4 Å². The molecule has 5 nitrogen and oxygen atoms in total. The Hall–Kier alpha value is -3.21. The zero-order valence-corrected chi connectivity index (χ0v) is 12.8. The summed E-state index contributed by atoms with van der Waals surface area (Å²) in [5.74, 6) is 0. The van der Waals surface area contributed by atoms with Crippen LogP contribution in [0.25, 0.3) is 5.69 Å². The van der Waals surface area contributed by atoms with Gasteiger partial charge in [0, 0.05) is 23.8 Å². The van der Waals surface area contributed by atoms with Gasteiger partial charge in [0.15, 0.2) is 0 Å². The van der Waals surface area contributed by atoms with Crippen molar-refractivity contribution in [3.8, 4) is 5.69 Å². The maximum atomic E-state index is 12.0. The summed E-state index contributed by atoms with van der Waals surface area (Å²) in [5.41, 5.74) is 9.82. The summed E-state index contributed by atoms with van der Waals surface area (Å²) >= 11 is 0. The van der Waals surface area contributed by atoms with Gasteiger partial charge in [-0.25, -0.2) is 4.79 Å². The Balaban J connectivity index is 1.66. The fourth-order valence-electron chi connectivity index (χ4n) is 2.30. The first-order chi connectivity index (χ1) is 11.1. The molecule has 1 aromatic heterocycles. The zero-order chi connectivity index (χ0) is 16.2. The van der Waals surface area contributed by atoms with E-state index in [-0.39, 0.29) is 6.03 Å². The second-order valence-corrected chi connectivity index (χ2v) is 5.31. The molecule has 3 rings (SSSR count). The number of benzene rings is 2. The van der Waals surface area contributed by atoms with Crippen molar-refractivity contribution in [1.29, 1.82) is 0 Å². The summed E-state index contributed by atoms with van der Waals surface area (Å²) in [6, 6.07) is 16.7. The highest BCUT2D eigenvalue weighted by atomic mass is 16.2. The summed E-state index contributed by atoms with van der Waals surface area (Å²) < 4.78 is 2.00. The molecule has 0 unspecified atom stereocenters. The van der Waals surface area contributed by atoms with E-state index in [0.29, 0.717) is 17.1 Å². The van der Waals surface area contributed by atoms with Crippen LogP contribution < -0.4 is 16.4 Å². The lowest BCUT2D eigenvalue weighted by Gasteiger charge is -2.11. The summed E-state index contributed by atoms with van der Waals surface area (Å²) in [6.45, 7) is 1.95. The Bertz CT molecular complexity index is 808. The molecular formula is C18H18N4O. The van der Waals surface area contributed by atoms with Gasteiger partial charge in [-0.15, -0.1) is 0 Å². The molecule has 116 valence electrons. The van der Waals surface area contributed by atoms with Crippen LogP contribution in [0.3, 0.4) is 0 Å². The summed E-state index contributed by atoms with van der Waals surface area (Å²) in [4.78, 5) is 12.0. The molecule has 5 heteroatoms. The molecule has 2 aromatic carbocycles. The number of nitrogen functional groups attached to an aromatic ring is 1. The SMILES string of the molecule is Cc1ccc(NC(=O)Nc2ccc(-n3cccc3)cc2)c(N)c1. The molecule has 0 spiro atoms. The molecular weight excluding hydrogens is 288 g/mol. The quantitative estimate of drug-likeness (QED) is 0.640. The topological polar surface area (TPSA) is 72.1 Å². The van der Waals surface area contributed by atoms with Crippen LogP contribution >= 0.6 is 0 Å². The number of aryl methyl sites for hydroxylation is 1. The van der Waals surface area contributed by atoms with Crippen molar-refractivity contribution >= 4 is 23.1 Å². The number of hydrogen-bond donors (Lipinski definition) is 3. The van der Waals surface area contributed by atoms with Crippen molar-refractivity contribution in [3.05, 3.63) is 72.6 Å². The number of aromatic nitrogens is 1. The fraction of sp³-hybridized carbons (Fsp3) is 0.0556. The minimum Gasteiger partial charge on any atom is -0.397 e. The van der Waals surface area contributed by atoms with Gasteiger partial charge in [-0.2, -0.15) is 0 Å². The lowest BCUT2D eigenvalue weighted by Crippen LogP contribution is -2.20. The number of nitrogens with two attached hydrogens (primary N) is 1. The minimum absolute atomic E-state index is 0.325. The minimum atomic E-state index is -0.325. The monoisotopic (exact) mass is 306 g/mol. The van der Waals surface area contributed by atoms with E-state index in [4.69, 9.17) is 5.73 Å². The third-order valence-electron chi connectivity index (χ3n) is 3.48. The highest BCUT2D eigenvalue weighted by Gasteiger charge is 2.06. The van der Waals surface area contributed by atoms with Crippen LogP contribution in [-0.4, -0.2) is 10.6 Å². The Labute approximate surface area is 134 Å². The van der Waals surface area contributed by atoms with E-state index in [1.165, 1.54) is 0 Å². The predicted octanol–water partition coefficient (Wildman–Crippen LogP) is 4.01. The summed E-state index contributed by atoms with van der Waals surface area (Å²) in [6.07, 6.45) is 3.94. The van der Waals surface area contributed by atoms with E-state index in [1.54, 1.807) is 6.07 Å². The molecule has 0 bridgehead atoms. The van der Waals surface area contributed by atoms with Crippen LogP contribution in [-0.2, 0) is 0 Å². The third-order valence-corrected chi connectivity index (χ3v) is 3.48. The molecule has 0 saturated heterocycles. The van der Waals surface area contributed by atoms with Crippen LogP contribution in [0.5, 0.6) is 0 Å². The number of rotatable bonds is 3. The fourth-order valence-corrected chi connectivity index (χ4v) is 2.30. The lowest BCUT2D eigenvalue weighted by molar-refractivity contribution is 0.262. The molecule has 0 radical (unpaired) electrons. The number of amides is 2. The third kappa shape index (κ3) is 3.52. The molecule has 0 saturated carbocycles. The number of hydrogen-bond acceptors (Lipinski definition) is 2. The number of nitrogens with one attached hydrogen (secondary N) is 2. The van der Waals surface area contributed by atoms with Crippen molar-refractivity contribution in [2.24, 2.45) is 0 Å². The van der Waals surface area contributed by atoms with Crippen molar-refractivity contribution < 1.29 is 4.79 Å². The van der Waals surface area contributed by atoms with E-state index in [0.717, 1.165) is 11.3 Å². The average Bonchev–Trinajstić information content (AvgIpc) is 3.05. The van der Waals surface area contributed by atoms with E-state index in [1.807, 2.05) is 72.4 Å². The molecule has 1 heterocycles. The van der Waals surface area contributed by atoms with Gasteiger partial charge < -0.3 is 20.9 Å². The summed E-state index contributed by atoms with van der Waals surface area (Å²) in [5, 5.41) is 5.54.